The molecule has 2 aromatic carbocycles. The Kier molecular flexibility index (Phi) is 9.73. The van der Waals surface area contributed by atoms with Gasteiger partial charge in [0.05, 0.1) is 26.4 Å². The lowest BCUT2D eigenvalue weighted by Gasteiger charge is -2.42. The quantitative estimate of drug-likeness (QED) is 0.107. The van der Waals surface area contributed by atoms with Crippen molar-refractivity contribution in [3.63, 3.8) is 0 Å². The summed E-state index contributed by atoms with van der Waals surface area (Å²) in [5.74, 6) is -1.66. The fraction of sp³-hybridized carbons (Fsp3) is 0.444. The molecule has 0 radical (unpaired) electrons. The van der Waals surface area contributed by atoms with Crippen molar-refractivity contribution in [1.82, 2.24) is 0 Å². The summed E-state index contributed by atoms with van der Waals surface area (Å²) in [6.45, 7) is -1.59. The van der Waals surface area contributed by atoms with E-state index in [9.17, 15) is 40.5 Å². The van der Waals surface area contributed by atoms with Gasteiger partial charge in [0.25, 0.3) is 0 Å². The highest BCUT2D eigenvalue weighted by Crippen LogP contribution is 2.30. The number of hydrogen-bond acceptors (Lipinski definition) is 13. The zero-order valence-electron chi connectivity index (χ0n) is 21.2. The number of benzene rings is 2. The first-order valence-electron chi connectivity index (χ1n) is 12.4. The molecule has 40 heavy (non-hydrogen) atoms. The third-order valence-corrected chi connectivity index (χ3v) is 6.57. The van der Waals surface area contributed by atoms with Crippen LogP contribution in [0.2, 0.25) is 0 Å². The van der Waals surface area contributed by atoms with Crippen molar-refractivity contribution in [2.24, 2.45) is 0 Å². The number of hydrogen-bond donors (Lipinski definition) is 7. The minimum absolute atomic E-state index is 0.0313. The third kappa shape index (κ3) is 6.96. The van der Waals surface area contributed by atoms with E-state index in [1.807, 2.05) is 6.07 Å². The molecule has 0 bridgehead atoms. The summed E-state index contributed by atoms with van der Waals surface area (Å²) < 4.78 is 27.6. The summed E-state index contributed by atoms with van der Waals surface area (Å²) in [6.07, 6.45) is -8.02. The lowest BCUT2D eigenvalue weighted by Crippen LogP contribution is -2.60. The van der Waals surface area contributed by atoms with E-state index in [1.54, 1.807) is 24.3 Å². The molecule has 218 valence electrons. The minimum Gasteiger partial charge on any atom is -0.504 e. The molecule has 2 aliphatic rings. The van der Waals surface area contributed by atoms with Gasteiger partial charge >= 0.3 is 5.97 Å². The number of carbonyl (C=O) groups is 1. The van der Waals surface area contributed by atoms with Crippen LogP contribution in [0, 0.1) is 0 Å². The van der Waals surface area contributed by atoms with Gasteiger partial charge in [-0.15, -0.1) is 0 Å². The predicted octanol–water partition coefficient (Wildman–Crippen LogP) is -0.857. The van der Waals surface area contributed by atoms with Gasteiger partial charge in [-0.3, -0.25) is 0 Å². The molecule has 2 aromatic rings. The molecule has 7 N–H and O–H groups in total. The fourth-order valence-corrected chi connectivity index (χ4v) is 4.18. The van der Waals surface area contributed by atoms with Crippen molar-refractivity contribution < 1.29 is 64.2 Å². The van der Waals surface area contributed by atoms with E-state index < -0.39 is 80.2 Å². The molecule has 0 saturated carbocycles. The van der Waals surface area contributed by atoms with Gasteiger partial charge < -0.3 is 59.4 Å². The highest BCUT2D eigenvalue weighted by atomic mass is 16.7. The summed E-state index contributed by atoms with van der Waals surface area (Å²) in [5, 5.41) is 70.4. The molecule has 0 unspecified atom stereocenters. The molecule has 0 amide bonds. The number of carbonyl (C=O) groups excluding carboxylic acids is 1. The molecular formula is C27H32O13. The van der Waals surface area contributed by atoms with E-state index in [1.165, 1.54) is 24.3 Å². The van der Waals surface area contributed by atoms with Gasteiger partial charge in [0.2, 0.25) is 0 Å². The average molecular weight is 565 g/mol. The smallest absolute Gasteiger partial charge is 0.331 e. The molecule has 13 heteroatoms. The Bertz CT molecular complexity index is 1160. The first-order valence-corrected chi connectivity index (χ1v) is 12.4. The van der Waals surface area contributed by atoms with Crippen LogP contribution in [0.4, 0.5) is 0 Å². The van der Waals surface area contributed by atoms with Gasteiger partial charge in [-0.25, -0.2) is 4.79 Å². The maximum atomic E-state index is 12.6. The minimum atomic E-state index is -1.94. The number of rotatable bonds is 10. The Morgan fingerprint density at radius 3 is 2.42 bits per heavy atom. The Hall–Kier alpha value is -3.11. The van der Waals surface area contributed by atoms with Gasteiger partial charge in [-0.1, -0.05) is 36.4 Å². The maximum Gasteiger partial charge on any atom is 0.331 e. The van der Waals surface area contributed by atoms with Crippen molar-refractivity contribution in [3.05, 3.63) is 65.7 Å². The van der Waals surface area contributed by atoms with E-state index in [4.69, 9.17) is 23.7 Å². The summed E-state index contributed by atoms with van der Waals surface area (Å²) in [6, 6.07) is 12.9. The van der Waals surface area contributed by atoms with E-state index in [0.29, 0.717) is 5.56 Å². The van der Waals surface area contributed by atoms with Crippen molar-refractivity contribution in [2.75, 3.05) is 19.8 Å². The number of esters is 1. The van der Waals surface area contributed by atoms with Crippen LogP contribution < -0.4 is 0 Å². The number of aromatic hydroxyl groups is 2. The van der Waals surface area contributed by atoms with Crippen LogP contribution in [-0.4, -0.2) is 110 Å². The Morgan fingerprint density at radius 2 is 1.75 bits per heavy atom. The highest BCUT2D eigenvalue weighted by molar-refractivity contribution is 5.87. The standard InChI is InChI=1S/C27H32O13/c28-13-27(35)14-38-26(24(27)34)37-12-19-23(40-20(31)9-7-15-6-8-17(29)18(30)10-15)21(32)22(33)25(39-19)36-11-16-4-2-1-3-5-16/h1-10,19,21-26,28-30,32-35H,11-14H2/b9-7+/t19-,21-,22-,23-,24+,25-,26-,27-/m1/s1. The highest BCUT2D eigenvalue weighted by Gasteiger charge is 2.51. The van der Waals surface area contributed by atoms with Crippen LogP contribution >= 0.6 is 0 Å². The lowest BCUT2D eigenvalue weighted by molar-refractivity contribution is -0.313. The summed E-state index contributed by atoms with van der Waals surface area (Å²) >= 11 is 0. The molecule has 4 rings (SSSR count). The van der Waals surface area contributed by atoms with Crippen LogP contribution in [-0.2, 0) is 35.1 Å². The molecule has 2 aliphatic heterocycles. The van der Waals surface area contributed by atoms with Crippen molar-refractivity contribution in [3.8, 4) is 11.5 Å². The molecule has 2 saturated heterocycles. The Morgan fingerprint density at radius 1 is 1.00 bits per heavy atom. The maximum absolute atomic E-state index is 12.6. The number of phenolic OH excluding ortho intramolecular Hbond substituents is 2. The number of phenols is 2. The second-order valence-corrected chi connectivity index (χ2v) is 9.52. The molecule has 2 heterocycles. The average Bonchev–Trinajstić information content (AvgIpc) is 3.25. The molecule has 13 nitrogen and oxygen atoms in total. The van der Waals surface area contributed by atoms with E-state index in [-0.39, 0.29) is 12.4 Å². The number of aliphatic hydroxyl groups excluding tert-OH is 4. The molecule has 2 fully saturated rings. The van der Waals surface area contributed by atoms with Gasteiger partial charge in [0.1, 0.15) is 30.0 Å². The number of ether oxygens (including phenoxy) is 5. The van der Waals surface area contributed by atoms with Crippen molar-refractivity contribution in [2.45, 2.75) is 55.3 Å². The second kappa shape index (κ2) is 13.0. The normalized spacial score (nSPS) is 32.4. The van der Waals surface area contributed by atoms with Gasteiger partial charge in [0, 0.05) is 6.08 Å². The molecule has 0 aliphatic carbocycles. The van der Waals surface area contributed by atoms with E-state index in [0.717, 1.165) is 11.6 Å². The summed E-state index contributed by atoms with van der Waals surface area (Å²) in [4.78, 5) is 12.6. The van der Waals surface area contributed by atoms with Gasteiger partial charge in [-0.05, 0) is 29.3 Å². The van der Waals surface area contributed by atoms with Gasteiger partial charge in [0.15, 0.2) is 30.2 Å². The second-order valence-electron chi connectivity index (χ2n) is 9.52. The summed E-state index contributed by atoms with van der Waals surface area (Å²) in [7, 11) is 0. The molecule has 0 spiro atoms. The van der Waals surface area contributed by atoms with E-state index in [2.05, 4.69) is 0 Å². The Balaban J connectivity index is 1.46. The Labute approximate surface area is 229 Å². The summed E-state index contributed by atoms with van der Waals surface area (Å²) in [5.41, 5.74) is -0.801. The predicted molar refractivity (Wildman–Crippen MR) is 134 cm³/mol. The first kappa shape index (κ1) is 29.9. The third-order valence-electron chi connectivity index (χ3n) is 6.57. The topological polar surface area (TPSA) is 205 Å². The van der Waals surface area contributed by atoms with Gasteiger partial charge in [-0.2, -0.15) is 0 Å². The largest absolute Gasteiger partial charge is 0.504 e. The lowest BCUT2D eigenvalue weighted by atomic mass is 9.98. The zero-order valence-corrected chi connectivity index (χ0v) is 21.2. The van der Waals surface area contributed by atoms with Crippen LogP contribution in [0.5, 0.6) is 11.5 Å². The number of aliphatic hydroxyl groups is 5. The van der Waals surface area contributed by atoms with Crippen LogP contribution in [0.1, 0.15) is 11.1 Å². The van der Waals surface area contributed by atoms with Crippen LogP contribution in [0.25, 0.3) is 6.08 Å². The SMILES string of the molecule is O=C(/C=C/c1ccc(O)c(O)c1)O[C@H]1[C@H](O)[C@@H](O)[C@H](OCc2ccccc2)O[C@@H]1CO[C@@H]1OC[C@](O)(CO)[C@H]1O. The monoisotopic (exact) mass is 564 g/mol. The fourth-order valence-electron chi connectivity index (χ4n) is 4.18. The van der Waals surface area contributed by atoms with E-state index >= 15 is 0 Å². The van der Waals surface area contributed by atoms with Crippen molar-refractivity contribution in [1.29, 1.82) is 0 Å². The van der Waals surface area contributed by atoms with Crippen LogP contribution in [0.3, 0.4) is 0 Å². The van der Waals surface area contributed by atoms with Crippen molar-refractivity contribution >= 4 is 12.0 Å². The molecular weight excluding hydrogens is 532 g/mol. The molecule has 0 aromatic heterocycles. The molecule has 8 atom stereocenters. The first-order chi connectivity index (χ1) is 19.1. The van der Waals surface area contributed by atoms with Crippen LogP contribution in [0.15, 0.2) is 54.6 Å². The zero-order chi connectivity index (χ0) is 28.9.